The van der Waals surface area contributed by atoms with Crippen molar-refractivity contribution in [1.29, 1.82) is 0 Å². The van der Waals surface area contributed by atoms with Crippen LogP contribution in [0, 0.1) is 5.92 Å². The molecule has 0 aromatic heterocycles. The summed E-state index contributed by atoms with van der Waals surface area (Å²) in [5.74, 6) is 1.52. The molecule has 0 fully saturated rings. The van der Waals surface area contributed by atoms with Crippen LogP contribution in [0.5, 0.6) is 0 Å². The highest BCUT2D eigenvalue weighted by atomic mass is 16.5. The first-order valence-corrected chi connectivity index (χ1v) is 4.10. The van der Waals surface area contributed by atoms with Crippen LogP contribution in [-0.2, 0) is 4.74 Å². The van der Waals surface area contributed by atoms with E-state index in [9.17, 15) is 0 Å². The van der Waals surface area contributed by atoms with Crippen LogP contribution in [-0.4, -0.2) is 19.7 Å². The third-order valence-electron chi connectivity index (χ3n) is 1.25. The smallest absolute Gasteiger partial charge is 0.139 e. The van der Waals surface area contributed by atoms with Gasteiger partial charge < -0.3 is 10.1 Å². The third kappa shape index (κ3) is 5.92. The molecule has 0 aromatic rings. The molecule has 0 aliphatic heterocycles. The van der Waals surface area contributed by atoms with Gasteiger partial charge in [-0.3, -0.25) is 0 Å². The summed E-state index contributed by atoms with van der Waals surface area (Å²) >= 11 is 0. The van der Waals surface area contributed by atoms with Crippen LogP contribution in [0.1, 0.15) is 20.3 Å². The third-order valence-corrected chi connectivity index (χ3v) is 1.25. The van der Waals surface area contributed by atoms with Crippen molar-refractivity contribution in [3.8, 4) is 0 Å². The summed E-state index contributed by atoms with van der Waals surface area (Å²) in [5.41, 5.74) is 0. The SMILES string of the molecule is C=CNC(CC(C)C)=NCOC. The fraction of sp³-hybridized carbons (Fsp3) is 0.667. The summed E-state index contributed by atoms with van der Waals surface area (Å²) in [5, 5.41) is 2.98. The average molecular weight is 170 g/mol. The second kappa shape index (κ2) is 6.85. The Morgan fingerprint density at radius 3 is 2.75 bits per heavy atom. The van der Waals surface area contributed by atoms with Crippen LogP contribution in [0.4, 0.5) is 0 Å². The molecule has 0 radical (unpaired) electrons. The molecule has 0 saturated carbocycles. The Morgan fingerprint density at radius 1 is 1.67 bits per heavy atom. The molecule has 0 aliphatic rings. The molecular weight excluding hydrogens is 152 g/mol. The lowest BCUT2D eigenvalue weighted by Crippen LogP contribution is -2.19. The lowest BCUT2D eigenvalue weighted by Gasteiger charge is -2.08. The second-order valence-electron chi connectivity index (χ2n) is 2.97. The normalized spacial score (nSPS) is 11.8. The van der Waals surface area contributed by atoms with Crippen LogP contribution in [0.2, 0.25) is 0 Å². The fourth-order valence-electron chi connectivity index (χ4n) is 0.816. The lowest BCUT2D eigenvalue weighted by atomic mass is 10.1. The number of ether oxygens (including phenoxy) is 1. The zero-order valence-corrected chi connectivity index (χ0v) is 8.13. The molecule has 0 spiro atoms. The Morgan fingerprint density at radius 2 is 2.33 bits per heavy atom. The van der Waals surface area contributed by atoms with Crippen molar-refractivity contribution in [2.45, 2.75) is 20.3 Å². The first-order valence-electron chi connectivity index (χ1n) is 4.10. The molecule has 0 atom stereocenters. The Kier molecular flexibility index (Phi) is 6.38. The van der Waals surface area contributed by atoms with Gasteiger partial charge in [0.05, 0.1) is 0 Å². The molecule has 3 nitrogen and oxygen atoms in total. The van der Waals surface area contributed by atoms with Crippen LogP contribution in [0.25, 0.3) is 0 Å². The van der Waals surface area contributed by atoms with Crippen molar-refractivity contribution in [2.75, 3.05) is 13.8 Å². The number of amidine groups is 1. The van der Waals surface area contributed by atoms with Gasteiger partial charge >= 0.3 is 0 Å². The standard InChI is InChI=1S/C9H18N2O/c1-5-10-9(6-8(2)3)11-7-12-4/h5,8H,1,6-7H2,2-4H3,(H,10,11). The van der Waals surface area contributed by atoms with Crippen molar-refractivity contribution in [2.24, 2.45) is 10.9 Å². The molecular formula is C9H18N2O. The number of methoxy groups -OCH3 is 1. The van der Waals surface area contributed by atoms with Gasteiger partial charge in [0, 0.05) is 13.5 Å². The summed E-state index contributed by atoms with van der Waals surface area (Å²) in [6.45, 7) is 8.28. The summed E-state index contributed by atoms with van der Waals surface area (Å²) < 4.78 is 4.84. The van der Waals surface area contributed by atoms with Crippen LogP contribution >= 0.6 is 0 Å². The number of rotatable bonds is 5. The van der Waals surface area contributed by atoms with Gasteiger partial charge in [-0.2, -0.15) is 0 Å². The van der Waals surface area contributed by atoms with Gasteiger partial charge in [-0.1, -0.05) is 20.4 Å². The quantitative estimate of drug-likeness (QED) is 0.504. The van der Waals surface area contributed by atoms with Crippen molar-refractivity contribution < 1.29 is 4.74 Å². The van der Waals surface area contributed by atoms with E-state index in [1.807, 2.05) is 0 Å². The van der Waals surface area contributed by atoms with Crippen LogP contribution < -0.4 is 5.32 Å². The molecule has 0 rings (SSSR count). The van der Waals surface area contributed by atoms with E-state index in [1.165, 1.54) is 0 Å². The monoisotopic (exact) mass is 170 g/mol. The van der Waals surface area contributed by atoms with Gasteiger partial charge in [-0.05, 0) is 12.1 Å². The van der Waals surface area contributed by atoms with Crippen molar-refractivity contribution >= 4 is 5.84 Å². The zero-order chi connectivity index (χ0) is 9.40. The number of hydrogen-bond acceptors (Lipinski definition) is 2. The van der Waals surface area contributed by atoms with E-state index >= 15 is 0 Å². The maximum atomic E-state index is 4.84. The zero-order valence-electron chi connectivity index (χ0n) is 8.13. The van der Waals surface area contributed by atoms with Gasteiger partial charge in [0.25, 0.3) is 0 Å². The number of aliphatic imine (C=N–C) groups is 1. The van der Waals surface area contributed by atoms with Crippen molar-refractivity contribution in [3.05, 3.63) is 12.8 Å². The van der Waals surface area contributed by atoms with E-state index in [2.05, 4.69) is 30.7 Å². The lowest BCUT2D eigenvalue weighted by molar-refractivity contribution is 0.208. The molecule has 3 heteroatoms. The molecule has 70 valence electrons. The molecule has 0 aromatic carbocycles. The van der Waals surface area contributed by atoms with Crippen molar-refractivity contribution in [1.82, 2.24) is 5.32 Å². The minimum atomic E-state index is 0.406. The highest BCUT2D eigenvalue weighted by molar-refractivity contribution is 5.83. The molecule has 1 N–H and O–H groups in total. The van der Waals surface area contributed by atoms with Crippen LogP contribution in [0.15, 0.2) is 17.8 Å². The molecule has 0 bridgehead atoms. The maximum absolute atomic E-state index is 4.84. The fourth-order valence-corrected chi connectivity index (χ4v) is 0.816. The summed E-state index contributed by atoms with van der Waals surface area (Å²) in [7, 11) is 1.63. The minimum absolute atomic E-state index is 0.406. The largest absolute Gasteiger partial charge is 0.362 e. The summed E-state index contributed by atoms with van der Waals surface area (Å²) in [6.07, 6.45) is 2.56. The van der Waals surface area contributed by atoms with E-state index in [-0.39, 0.29) is 0 Å². The Bertz CT molecular complexity index is 153. The topological polar surface area (TPSA) is 33.6 Å². The van der Waals surface area contributed by atoms with Gasteiger partial charge in [0.15, 0.2) is 0 Å². The second-order valence-corrected chi connectivity index (χ2v) is 2.97. The van der Waals surface area contributed by atoms with E-state index < -0.39 is 0 Å². The molecule has 0 aliphatic carbocycles. The first kappa shape index (κ1) is 11.2. The molecule has 0 heterocycles. The van der Waals surface area contributed by atoms with Crippen LogP contribution in [0.3, 0.4) is 0 Å². The number of nitrogens with one attached hydrogen (secondary N) is 1. The molecule has 0 amide bonds. The highest BCUT2D eigenvalue weighted by Gasteiger charge is 1.99. The molecule has 0 saturated heterocycles. The minimum Gasteiger partial charge on any atom is -0.362 e. The first-order chi connectivity index (χ1) is 5.70. The Hall–Kier alpha value is -0.830. The number of hydrogen-bond donors (Lipinski definition) is 1. The predicted molar refractivity (Wildman–Crippen MR) is 52.1 cm³/mol. The predicted octanol–water partition coefficient (Wildman–Crippen LogP) is 1.77. The Labute approximate surface area is 74.5 Å². The van der Waals surface area contributed by atoms with E-state index in [1.54, 1.807) is 13.3 Å². The number of nitrogens with zero attached hydrogens (tertiary/aromatic N) is 1. The Balaban J connectivity index is 3.92. The van der Waals surface area contributed by atoms with E-state index in [4.69, 9.17) is 4.74 Å². The van der Waals surface area contributed by atoms with E-state index in [0.717, 1.165) is 12.3 Å². The van der Waals surface area contributed by atoms with Gasteiger partial charge in [0.1, 0.15) is 12.6 Å². The molecule has 12 heavy (non-hydrogen) atoms. The highest BCUT2D eigenvalue weighted by Crippen LogP contribution is 1.99. The molecule has 0 unspecified atom stereocenters. The van der Waals surface area contributed by atoms with E-state index in [0.29, 0.717) is 12.6 Å². The maximum Gasteiger partial charge on any atom is 0.139 e. The summed E-state index contributed by atoms with van der Waals surface area (Å²) in [4.78, 5) is 4.18. The average Bonchev–Trinajstić information content (AvgIpc) is 2.00. The van der Waals surface area contributed by atoms with Gasteiger partial charge in [-0.15, -0.1) is 0 Å². The summed E-state index contributed by atoms with van der Waals surface area (Å²) in [6, 6.07) is 0. The van der Waals surface area contributed by atoms with Gasteiger partial charge in [-0.25, -0.2) is 4.99 Å². The van der Waals surface area contributed by atoms with Crippen molar-refractivity contribution in [3.63, 3.8) is 0 Å². The van der Waals surface area contributed by atoms with Gasteiger partial charge in [0.2, 0.25) is 0 Å².